The SMILES string of the molecule is C=CC(CCCCCCCC)C(c1ccccc1)(c1ccccc1)c1ccccc1. The van der Waals surface area contributed by atoms with Crippen LogP contribution >= 0.6 is 0 Å². The topological polar surface area (TPSA) is 0 Å². The minimum absolute atomic E-state index is 0.227. The Bertz CT molecular complexity index is 752. The van der Waals surface area contributed by atoms with Gasteiger partial charge in [0.05, 0.1) is 5.41 Å². The smallest absolute Gasteiger partial charge is 0.0513 e. The van der Waals surface area contributed by atoms with Crippen molar-refractivity contribution in [3.8, 4) is 0 Å². The van der Waals surface area contributed by atoms with E-state index in [2.05, 4.69) is 111 Å². The highest BCUT2D eigenvalue weighted by molar-refractivity contribution is 5.52. The highest BCUT2D eigenvalue weighted by Crippen LogP contribution is 2.47. The van der Waals surface area contributed by atoms with Crippen LogP contribution in [0.5, 0.6) is 0 Å². The van der Waals surface area contributed by atoms with Crippen LogP contribution in [0.2, 0.25) is 0 Å². The fourth-order valence-corrected chi connectivity index (χ4v) is 4.90. The lowest BCUT2D eigenvalue weighted by atomic mass is 9.60. The van der Waals surface area contributed by atoms with Gasteiger partial charge >= 0.3 is 0 Å². The predicted octanol–water partition coefficient (Wildman–Crippen LogP) is 8.57. The number of hydrogen-bond donors (Lipinski definition) is 0. The molecule has 1 unspecified atom stereocenters. The normalized spacial score (nSPS) is 12.4. The van der Waals surface area contributed by atoms with Crippen molar-refractivity contribution in [2.75, 3.05) is 0 Å². The van der Waals surface area contributed by atoms with Gasteiger partial charge in [0.15, 0.2) is 0 Å². The van der Waals surface area contributed by atoms with E-state index in [0.717, 1.165) is 6.42 Å². The summed E-state index contributed by atoms with van der Waals surface area (Å²) in [4.78, 5) is 0. The zero-order valence-electron chi connectivity index (χ0n) is 18.5. The van der Waals surface area contributed by atoms with Crippen LogP contribution in [0, 0.1) is 5.92 Å². The second kappa shape index (κ2) is 11.6. The van der Waals surface area contributed by atoms with Crippen LogP contribution in [0.25, 0.3) is 0 Å². The predicted molar refractivity (Wildman–Crippen MR) is 131 cm³/mol. The number of benzene rings is 3. The molecule has 0 aliphatic rings. The molecule has 3 aromatic rings. The van der Waals surface area contributed by atoms with Crippen LogP contribution < -0.4 is 0 Å². The van der Waals surface area contributed by atoms with Gasteiger partial charge < -0.3 is 0 Å². The molecule has 1 atom stereocenters. The molecule has 0 N–H and O–H groups in total. The quantitative estimate of drug-likeness (QED) is 0.163. The molecule has 0 fully saturated rings. The van der Waals surface area contributed by atoms with E-state index in [1.165, 1.54) is 55.2 Å². The molecule has 0 bridgehead atoms. The van der Waals surface area contributed by atoms with E-state index in [9.17, 15) is 0 Å². The van der Waals surface area contributed by atoms with Gasteiger partial charge in [0.2, 0.25) is 0 Å². The van der Waals surface area contributed by atoms with Crippen molar-refractivity contribution in [2.45, 2.75) is 57.3 Å². The Hall–Kier alpha value is -2.60. The molecule has 0 heteroatoms. The second-order valence-corrected chi connectivity index (χ2v) is 8.30. The van der Waals surface area contributed by atoms with Crippen LogP contribution in [-0.2, 0) is 5.41 Å². The molecule has 0 aromatic heterocycles. The zero-order valence-corrected chi connectivity index (χ0v) is 18.5. The minimum atomic E-state index is -0.227. The molecule has 30 heavy (non-hydrogen) atoms. The van der Waals surface area contributed by atoms with Crippen LogP contribution in [0.4, 0.5) is 0 Å². The van der Waals surface area contributed by atoms with Crippen molar-refractivity contribution >= 4 is 0 Å². The van der Waals surface area contributed by atoms with E-state index in [1.807, 2.05) is 0 Å². The molecular weight excluding hydrogens is 360 g/mol. The Balaban J connectivity index is 2.05. The number of allylic oxidation sites excluding steroid dienone is 1. The Labute approximate surface area is 183 Å². The largest absolute Gasteiger partial charge is 0.103 e. The average molecular weight is 397 g/mol. The van der Waals surface area contributed by atoms with Crippen molar-refractivity contribution in [1.82, 2.24) is 0 Å². The molecule has 0 nitrogen and oxygen atoms in total. The lowest BCUT2D eigenvalue weighted by molar-refractivity contribution is 0.400. The molecule has 0 saturated carbocycles. The molecule has 0 heterocycles. The molecule has 0 aliphatic heterocycles. The number of unbranched alkanes of at least 4 members (excludes halogenated alkanes) is 5. The maximum absolute atomic E-state index is 4.33. The summed E-state index contributed by atoms with van der Waals surface area (Å²) in [6, 6.07) is 33.1. The van der Waals surface area contributed by atoms with E-state index in [1.54, 1.807) is 0 Å². The Morgan fingerprint density at radius 1 is 0.633 bits per heavy atom. The van der Waals surface area contributed by atoms with Gasteiger partial charge in [0, 0.05) is 0 Å². The van der Waals surface area contributed by atoms with Crippen molar-refractivity contribution in [2.24, 2.45) is 5.92 Å². The van der Waals surface area contributed by atoms with Crippen molar-refractivity contribution < 1.29 is 0 Å². The molecule has 156 valence electrons. The first kappa shape index (κ1) is 22.1. The van der Waals surface area contributed by atoms with E-state index in [4.69, 9.17) is 0 Å². The summed E-state index contributed by atoms with van der Waals surface area (Å²) in [5, 5.41) is 0. The summed E-state index contributed by atoms with van der Waals surface area (Å²) in [6.45, 7) is 6.61. The van der Waals surface area contributed by atoms with Gasteiger partial charge in [0.25, 0.3) is 0 Å². The minimum Gasteiger partial charge on any atom is -0.103 e. The first-order valence-electron chi connectivity index (χ1n) is 11.6. The maximum Gasteiger partial charge on any atom is 0.0513 e. The summed E-state index contributed by atoms with van der Waals surface area (Å²) < 4.78 is 0. The molecule has 0 aliphatic carbocycles. The Kier molecular flexibility index (Phi) is 8.51. The fraction of sp³-hybridized carbons (Fsp3) is 0.333. The van der Waals surface area contributed by atoms with E-state index in [0.29, 0.717) is 5.92 Å². The summed E-state index contributed by atoms with van der Waals surface area (Å²) in [5.74, 6) is 0.330. The van der Waals surface area contributed by atoms with Crippen molar-refractivity contribution in [3.63, 3.8) is 0 Å². The fourth-order valence-electron chi connectivity index (χ4n) is 4.90. The molecule has 0 saturated heterocycles. The van der Waals surface area contributed by atoms with Gasteiger partial charge in [0.1, 0.15) is 0 Å². The standard InChI is InChI=1S/C30H36/c1-3-5-6-7-8-12-19-26(4-2)30(27-20-13-9-14-21-27,28-22-15-10-16-23-28)29-24-17-11-18-25-29/h4,9-11,13-18,20-26H,2-3,5-8,12,19H2,1H3. The van der Waals surface area contributed by atoms with Crippen molar-refractivity contribution in [1.29, 1.82) is 0 Å². The van der Waals surface area contributed by atoms with Gasteiger partial charge in [-0.3, -0.25) is 0 Å². The summed E-state index contributed by atoms with van der Waals surface area (Å²) >= 11 is 0. The maximum atomic E-state index is 4.33. The van der Waals surface area contributed by atoms with E-state index < -0.39 is 0 Å². The second-order valence-electron chi connectivity index (χ2n) is 8.30. The Morgan fingerprint density at radius 3 is 1.43 bits per heavy atom. The van der Waals surface area contributed by atoms with Gasteiger partial charge in [-0.05, 0) is 29.0 Å². The molecule has 3 aromatic carbocycles. The third kappa shape index (κ3) is 4.93. The van der Waals surface area contributed by atoms with E-state index >= 15 is 0 Å². The first-order chi connectivity index (χ1) is 14.8. The third-order valence-electron chi connectivity index (χ3n) is 6.40. The molecular formula is C30H36. The molecule has 0 spiro atoms. The number of rotatable bonds is 12. The third-order valence-corrected chi connectivity index (χ3v) is 6.40. The van der Waals surface area contributed by atoms with Crippen LogP contribution in [0.15, 0.2) is 104 Å². The van der Waals surface area contributed by atoms with Gasteiger partial charge in [-0.1, -0.05) is 143 Å². The summed E-state index contributed by atoms with van der Waals surface area (Å²) in [7, 11) is 0. The van der Waals surface area contributed by atoms with Gasteiger partial charge in [-0.15, -0.1) is 6.58 Å². The monoisotopic (exact) mass is 396 g/mol. The van der Waals surface area contributed by atoms with Crippen LogP contribution in [0.3, 0.4) is 0 Å². The average Bonchev–Trinajstić information content (AvgIpc) is 2.82. The zero-order chi connectivity index (χ0) is 21.1. The van der Waals surface area contributed by atoms with Crippen molar-refractivity contribution in [3.05, 3.63) is 120 Å². The highest BCUT2D eigenvalue weighted by atomic mass is 14.4. The Morgan fingerprint density at radius 2 is 1.03 bits per heavy atom. The number of hydrogen-bond acceptors (Lipinski definition) is 0. The van der Waals surface area contributed by atoms with E-state index in [-0.39, 0.29) is 5.41 Å². The summed E-state index contributed by atoms with van der Waals surface area (Å²) in [5.41, 5.74) is 3.81. The van der Waals surface area contributed by atoms with Gasteiger partial charge in [-0.25, -0.2) is 0 Å². The molecule has 0 amide bonds. The summed E-state index contributed by atoms with van der Waals surface area (Å²) in [6.07, 6.45) is 11.3. The van der Waals surface area contributed by atoms with Gasteiger partial charge in [-0.2, -0.15) is 0 Å². The first-order valence-corrected chi connectivity index (χ1v) is 11.6. The lowest BCUT2D eigenvalue weighted by Crippen LogP contribution is -2.37. The van der Waals surface area contributed by atoms with Crippen LogP contribution in [-0.4, -0.2) is 0 Å². The van der Waals surface area contributed by atoms with Crippen LogP contribution in [0.1, 0.15) is 68.6 Å². The molecule has 3 rings (SSSR count). The highest BCUT2D eigenvalue weighted by Gasteiger charge is 2.41. The molecule has 0 radical (unpaired) electrons. The lowest BCUT2D eigenvalue weighted by Gasteiger charge is -2.42.